The summed E-state index contributed by atoms with van der Waals surface area (Å²) in [6, 6.07) is 6.34. The molecule has 1 rings (SSSR count). The molecule has 0 bridgehead atoms. The molecule has 0 aliphatic carbocycles. The number of hydrogen-bond acceptors (Lipinski definition) is 3. The summed E-state index contributed by atoms with van der Waals surface area (Å²) >= 11 is 0. The molecule has 21 heavy (non-hydrogen) atoms. The van der Waals surface area contributed by atoms with Crippen molar-refractivity contribution in [3.63, 3.8) is 0 Å². The van der Waals surface area contributed by atoms with Crippen molar-refractivity contribution in [2.75, 3.05) is 0 Å². The number of carbonyl (C=O) groups excluding carboxylic acids is 1. The molecule has 0 aliphatic heterocycles. The molecule has 2 atom stereocenters. The van der Waals surface area contributed by atoms with Crippen LogP contribution in [0.15, 0.2) is 30.3 Å². The molecule has 1 aromatic rings. The van der Waals surface area contributed by atoms with Gasteiger partial charge < -0.3 is 15.2 Å². The van der Waals surface area contributed by atoms with Crippen molar-refractivity contribution in [2.24, 2.45) is 5.92 Å². The highest BCUT2D eigenvalue weighted by Gasteiger charge is 2.45. The average Bonchev–Trinajstić information content (AvgIpc) is 2.41. The lowest BCUT2D eigenvalue weighted by Crippen LogP contribution is -2.49. The van der Waals surface area contributed by atoms with Crippen molar-refractivity contribution in [1.29, 1.82) is 0 Å². The van der Waals surface area contributed by atoms with Gasteiger partial charge in [-0.05, 0) is 5.56 Å². The Morgan fingerprint density at radius 2 is 1.86 bits per heavy atom. The van der Waals surface area contributed by atoms with Gasteiger partial charge in [-0.25, -0.2) is 9.59 Å². The van der Waals surface area contributed by atoms with E-state index in [2.05, 4.69) is 0 Å². The second-order valence-electron chi connectivity index (χ2n) is 4.35. The Balaban J connectivity index is 2.59. The van der Waals surface area contributed by atoms with Crippen LogP contribution in [0, 0.1) is 5.92 Å². The molecule has 1 aromatic carbocycles. The lowest BCUT2D eigenvalue weighted by Gasteiger charge is -2.23. The molecule has 0 fully saturated rings. The number of aliphatic carboxylic acids is 1. The van der Waals surface area contributed by atoms with Crippen LogP contribution in [-0.4, -0.2) is 29.4 Å². The monoisotopic (exact) mass is 305 g/mol. The summed E-state index contributed by atoms with van der Waals surface area (Å²) in [6.45, 7) is 0.510. The summed E-state index contributed by atoms with van der Waals surface area (Å²) in [5, 5.41) is 10.5. The van der Waals surface area contributed by atoms with Crippen molar-refractivity contribution in [3.8, 4) is 0 Å². The third kappa shape index (κ3) is 5.33. The van der Waals surface area contributed by atoms with E-state index in [1.165, 1.54) is 0 Å². The van der Waals surface area contributed by atoms with Crippen molar-refractivity contribution in [3.05, 3.63) is 35.9 Å². The Morgan fingerprint density at radius 1 is 1.29 bits per heavy atom. The van der Waals surface area contributed by atoms with Crippen LogP contribution in [-0.2, 0) is 16.1 Å². The SMILES string of the molecule is C[C@H]([C@H](NC(=O)OCc1ccccc1)C(=O)O)C(F)(F)F. The largest absolute Gasteiger partial charge is 0.480 e. The summed E-state index contributed by atoms with van der Waals surface area (Å²) in [7, 11) is 0. The molecule has 1 amide bonds. The Kier molecular flexibility index (Phi) is 5.57. The van der Waals surface area contributed by atoms with Crippen molar-refractivity contribution in [2.45, 2.75) is 25.7 Å². The molecule has 116 valence electrons. The number of carboxylic acid groups (broad SMARTS) is 1. The van der Waals surface area contributed by atoms with Crippen LogP contribution < -0.4 is 5.32 Å². The van der Waals surface area contributed by atoms with Gasteiger partial charge in [0.15, 0.2) is 0 Å². The highest BCUT2D eigenvalue weighted by molar-refractivity contribution is 5.80. The molecule has 0 saturated carbocycles. The van der Waals surface area contributed by atoms with Crippen LogP contribution in [0.1, 0.15) is 12.5 Å². The molecular formula is C13H14F3NO4. The summed E-state index contributed by atoms with van der Waals surface area (Å²) in [5.41, 5.74) is 0.628. The van der Waals surface area contributed by atoms with Gasteiger partial charge in [0.1, 0.15) is 12.6 Å². The molecule has 0 aromatic heterocycles. The van der Waals surface area contributed by atoms with Gasteiger partial charge in [-0.15, -0.1) is 0 Å². The molecule has 0 radical (unpaired) electrons. The Bertz CT molecular complexity index is 490. The number of amides is 1. The summed E-state index contributed by atoms with van der Waals surface area (Å²) in [4.78, 5) is 22.2. The van der Waals surface area contributed by atoms with E-state index in [0.29, 0.717) is 12.5 Å². The van der Waals surface area contributed by atoms with Crippen LogP contribution in [0.2, 0.25) is 0 Å². The molecule has 0 heterocycles. The van der Waals surface area contributed by atoms with Crippen LogP contribution in [0.3, 0.4) is 0 Å². The van der Waals surface area contributed by atoms with Gasteiger partial charge in [0.25, 0.3) is 0 Å². The number of hydrogen-bond donors (Lipinski definition) is 2. The maximum Gasteiger partial charge on any atom is 0.408 e. The van der Waals surface area contributed by atoms with E-state index < -0.39 is 30.2 Å². The first kappa shape index (κ1) is 16.8. The number of halogens is 3. The first-order chi connectivity index (χ1) is 9.71. The van der Waals surface area contributed by atoms with E-state index in [1.807, 2.05) is 0 Å². The average molecular weight is 305 g/mol. The minimum absolute atomic E-state index is 0.167. The number of carboxylic acids is 1. The van der Waals surface area contributed by atoms with Gasteiger partial charge in [0, 0.05) is 0 Å². The zero-order chi connectivity index (χ0) is 16.0. The fourth-order valence-electron chi connectivity index (χ4n) is 1.48. The summed E-state index contributed by atoms with van der Waals surface area (Å²) in [5.74, 6) is -4.02. The quantitative estimate of drug-likeness (QED) is 0.876. The first-order valence-corrected chi connectivity index (χ1v) is 5.98. The van der Waals surface area contributed by atoms with Crippen molar-refractivity contribution in [1.82, 2.24) is 5.32 Å². The molecule has 2 N–H and O–H groups in total. The Morgan fingerprint density at radius 3 is 2.33 bits per heavy atom. The topological polar surface area (TPSA) is 75.6 Å². The van der Waals surface area contributed by atoms with E-state index >= 15 is 0 Å². The molecule has 0 aliphatic rings. The van der Waals surface area contributed by atoms with Gasteiger partial charge in [0.2, 0.25) is 0 Å². The summed E-state index contributed by atoms with van der Waals surface area (Å²) < 4.78 is 42.2. The maximum atomic E-state index is 12.5. The lowest BCUT2D eigenvalue weighted by atomic mass is 10.0. The predicted molar refractivity (Wildman–Crippen MR) is 66.4 cm³/mol. The zero-order valence-corrected chi connectivity index (χ0v) is 11.1. The Hall–Kier alpha value is -2.25. The lowest BCUT2D eigenvalue weighted by molar-refractivity contribution is -0.184. The molecule has 0 saturated heterocycles. The van der Waals surface area contributed by atoms with Crippen molar-refractivity contribution < 1.29 is 32.6 Å². The highest BCUT2D eigenvalue weighted by Crippen LogP contribution is 2.28. The fraction of sp³-hybridized carbons (Fsp3) is 0.385. The van der Waals surface area contributed by atoms with Gasteiger partial charge in [-0.3, -0.25) is 0 Å². The van der Waals surface area contributed by atoms with Crippen LogP contribution >= 0.6 is 0 Å². The van der Waals surface area contributed by atoms with E-state index in [0.717, 1.165) is 0 Å². The van der Waals surface area contributed by atoms with Gasteiger partial charge >= 0.3 is 18.2 Å². The first-order valence-electron chi connectivity index (χ1n) is 5.98. The van der Waals surface area contributed by atoms with E-state index in [1.54, 1.807) is 35.6 Å². The fourth-order valence-corrected chi connectivity index (χ4v) is 1.48. The standard InChI is InChI=1S/C13H14F3NO4/c1-8(13(14,15)16)10(11(18)19)17-12(20)21-7-9-5-3-2-4-6-9/h2-6,8,10H,7H2,1H3,(H,17,20)(H,18,19)/t8-,10+/m1/s1. The second kappa shape index (κ2) is 6.96. The second-order valence-corrected chi connectivity index (χ2v) is 4.35. The molecular weight excluding hydrogens is 291 g/mol. The summed E-state index contributed by atoms with van der Waals surface area (Å²) in [6.07, 6.45) is -5.96. The molecule has 5 nitrogen and oxygen atoms in total. The van der Waals surface area contributed by atoms with Gasteiger partial charge in [-0.2, -0.15) is 13.2 Å². The van der Waals surface area contributed by atoms with E-state index in [4.69, 9.17) is 9.84 Å². The highest BCUT2D eigenvalue weighted by atomic mass is 19.4. The smallest absolute Gasteiger partial charge is 0.408 e. The number of ether oxygens (including phenoxy) is 1. The van der Waals surface area contributed by atoms with E-state index in [-0.39, 0.29) is 6.61 Å². The number of alkyl carbamates (subject to hydrolysis) is 1. The number of alkyl halides is 3. The van der Waals surface area contributed by atoms with Gasteiger partial charge in [-0.1, -0.05) is 37.3 Å². The number of rotatable bonds is 5. The van der Waals surface area contributed by atoms with Crippen LogP contribution in [0.25, 0.3) is 0 Å². The minimum atomic E-state index is -4.74. The number of benzene rings is 1. The number of nitrogens with one attached hydrogen (secondary N) is 1. The maximum absolute atomic E-state index is 12.5. The van der Waals surface area contributed by atoms with Crippen LogP contribution in [0.5, 0.6) is 0 Å². The van der Waals surface area contributed by atoms with Crippen molar-refractivity contribution >= 4 is 12.1 Å². The van der Waals surface area contributed by atoms with Gasteiger partial charge in [0.05, 0.1) is 5.92 Å². The molecule has 8 heteroatoms. The number of carbonyl (C=O) groups is 2. The zero-order valence-electron chi connectivity index (χ0n) is 11.1. The van der Waals surface area contributed by atoms with Crippen LogP contribution in [0.4, 0.5) is 18.0 Å². The predicted octanol–water partition coefficient (Wildman–Crippen LogP) is 2.56. The Labute approximate surface area is 118 Å². The molecule has 0 unspecified atom stereocenters. The third-order valence-electron chi connectivity index (χ3n) is 2.77. The third-order valence-corrected chi connectivity index (χ3v) is 2.77. The normalized spacial score (nSPS) is 14.1. The molecule has 0 spiro atoms. The van der Waals surface area contributed by atoms with E-state index in [9.17, 15) is 22.8 Å². The minimum Gasteiger partial charge on any atom is -0.480 e.